The lowest BCUT2D eigenvalue weighted by atomic mass is 9.93. The first kappa shape index (κ1) is 25.9. The van der Waals surface area contributed by atoms with Crippen LogP contribution in [0, 0.1) is 6.92 Å². The number of carbonyl (C=O) groups is 1. The van der Waals surface area contributed by atoms with E-state index in [4.69, 9.17) is 4.74 Å². The van der Waals surface area contributed by atoms with E-state index in [1.807, 2.05) is 67.6 Å². The van der Waals surface area contributed by atoms with Gasteiger partial charge in [0.05, 0.1) is 5.25 Å². The number of nitrogens with zero attached hydrogens (tertiary/aromatic N) is 1. The maximum atomic E-state index is 12.6. The van der Waals surface area contributed by atoms with Crippen molar-refractivity contribution in [3.8, 4) is 11.1 Å². The van der Waals surface area contributed by atoms with Gasteiger partial charge in [0.25, 0.3) is 5.91 Å². The summed E-state index contributed by atoms with van der Waals surface area (Å²) in [5.74, 6) is 0.670. The zero-order chi connectivity index (χ0) is 25.7. The summed E-state index contributed by atoms with van der Waals surface area (Å²) in [6.07, 6.45) is 12.6. The molecule has 2 aromatic rings. The van der Waals surface area contributed by atoms with Crippen molar-refractivity contribution < 1.29 is 17.9 Å². The van der Waals surface area contributed by atoms with Gasteiger partial charge >= 0.3 is 0 Å². The van der Waals surface area contributed by atoms with Gasteiger partial charge in [0.1, 0.15) is 12.4 Å². The van der Waals surface area contributed by atoms with E-state index < -0.39 is 15.1 Å². The number of ether oxygens (including phenoxy) is 1. The van der Waals surface area contributed by atoms with Gasteiger partial charge < -0.3 is 10.1 Å². The van der Waals surface area contributed by atoms with E-state index >= 15 is 0 Å². The smallest absolute Gasteiger partial charge is 0.251 e. The normalized spacial score (nSPS) is 20.1. The third-order valence-corrected chi connectivity index (χ3v) is 8.43. The summed E-state index contributed by atoms with van der Waals surface area (Å²) in [4.78, 5) is 14.8. The lowest BCUT2D eigenvalue weighted by Gasteiger charge is -2.25. The molecule has 2 atom stereocenters. The summed E-state index contributed by atoms with van der Waals surface area (Å²) in [5, 5.41) is 2.31. The van der Waals surface area contributed by atoms with Crippen LogP contribution in [0.2, 0.25) is 0 Å². The number of hydrogen-bond acceptors (Lipinski definition) is 5. The van der Waals surface area contributed by atoms with Crippen LogP contribution in [-0.2, 0) is 21.1 Å². The molecule has 1 N–H and O–H groups in total. The minimum atomic E-state index is -3.18. The molecule has 1 aliphatic heterocycles. The SMILES string of the molecule is CNC(=O)c1ccc(CN2CC(S(C)(=O)=O)C[C@H]2COC2=CCC=CC=C2)cc1-c1ccccc1C. The van der Waals surface area contributed by atoms with E-state index in [0.29, 0.717) is 31.7 Å². The van der Waals surface area contributed by atoms with Gasteiger partial charge in [-0.05, 0) is 66.3 Å². The zero-order valence-corrected chi connectivity index (χ0v) is 21.9. The maximum Gasteiger partial charge on any atom is 0.251 e. The van der Waals surface area contributed by atoms with Crippen LogP contribution in [0.25, 0.3) is 11.1 Å². The first-order chi connectivity index (χ1) is 17.3. The van der Waals surface area contributed by atoms with Crippen LogP contribution in [-0.4, -0.2) is 57.0 Å². The highest BCUT2D eigenvalue weighted by Crippen LogP contribution is 2.31. The van der Waals surface area contributed by atoms with E-state index in [9.17, 15) is 13.2 Å². The topological polar surface area (TPSA) is 75.7 Å². The Bertz CT molecular complexity index is 1310. The third-order valence-electron chi connectivity index (χ3n) is 6.88. The first-order valence-corrected chi connectivity index (χ1v) is 14.2. The lowest BCUT2D eigenvalue weighted by molar-refractivity contribution is 0.0963. The number of rotatable bonds is 8. The highest BCUT2D eigenvalue weighted by molar-refractivity contribution is 7.91. The maximum absolute atomic E-state index is 12.6. The second kappa shape index (κ2) is 11.3. The Morgan fingerprint density at radius 3 is 2.69 bits per heavy atom. The highest BCUT2D eigenvalue weighted by atomic mass is 32.2. The predicted molar refractivity (Wildman–Crippen MR) is 144 cm³/mol. The van der Waals surface area contributed by atoms with Crippen LogP contribution in [0.3, 0.4) is 0 Å². The Morgan fingerprint density at radius 1 is 1.14 bits per heavy atom. The number of benzene rings is 2. The van der Waals surface area contributed by atoms with Gasteiger partial charge in [-0.15, -0.1) is 0 Å². The van der Waals surface area contributed by atoms with Crippen molar-refractivity contribution in [3.05, 3.63) is 95.3 Å². The van der Waals surface area contributed by atoms with Crippen LogP contribution in [0.15, 0.2) is 78.6 Å². The summed E-state index contributed by atoms with van der Waals surface area (Å²) in [6, 6.07) is 13.9. The molecule has 1 aliphatic carbocycles. The zero-order valence-electron chi connectivity index (χ0n) is 21.1. The second-order valence-corrected chi connectivity index (χ2v) is 11.8. The standard InChI is InChI=1S/C29H34N2O4S/c1-21-10-8-9-13-26(21)28-16-22(14-15-27(28)29(32)30-2)18-31-19-25(36(3,33)34)17-23(31)20-35-24-11-6-4-5-7-12-24/h4-6,8-16,23,25H,7,17-20H2,1-3H3,(H,30,32)/t23-,25?/m0/s1. The molecular weight excluding hydrogens is 472 g/mol. The minimum Gasteiger partial charge on any atom is -0.492 e. The average Bonchev–Trinajstić information content (AvgIpc) is 3.08. The minimum absolute atomic E-state index is 0.0317. The van der Waals surface area contributed by atoms with Crippen LogP contribution in [0.1, 0.15) is 34.3 Å². The summed E-state index contributed by atoms with van der Waals surface area (Å²) in [7, 11) is -1.54. The molecule has 0 bridgehead atoms. The molecule has 7 heteroatoms. The molecule has 0 saturated carbocycles. The Labute approximate surface area is 214 Å². The Kier molecular flexibility index (Phi) is 8.11. The molecule has 190 valence electrons. The number of carbonyl (C=O) groups excluding carboxylic acids is 1. The Hall–Kier alpha value is -3.16. The molecule has 2 aliphatic rings. The fraction of sp³-hybridized carbons (Fsp3) is 0.345. The molecule has 1 fully saturated rings. The van der Waals surface area contributed by atoms with E-state index in [1.165, 1.54) is 6.26 Å². The van der Waals surface area contributed by atoms with Crippen LogP contribution in [0.4, 0.5) is 0 Å². The lowest BCUT2D eigenvalue weighted by Crippen LogP contribution is -2.33. The average molecular weight is 507 g/mol. The Morgan fingerprint density at radius 2 is 1.94 bits per heavy atom. The number of sulfone groups is 1. The second-order valence-electron chi connectivity index (χ2n) is 9.48. The fourth-order valence-corrected chi connectivity index (χ4v) is 5.86. The molecule has 6 nitrogen and oxygen atoms in total. The molecular formula is C29H34N2O4S. The van der Waals surface area contributed by atoms with Crippen molar-refractivity contribution in [1.82, 2.24) is 10.2 Å². The van der Waals surface area contributed by atoms with Crippen molar-refractivity contribution in [1.29, 1.82) is 0 Å². The summed E-state index contributed by atoms with van der Waals surface area (Å²) >= 11 is 0. The van der Waals surface area contributed by atoms with Gasteiger partial charge in [-0.2, -0.15) is 0 Å². The van der Waals surface area contributed by atoms with Gasteiger partial charge in [-0.3, -0.25) is 9.69 Å². The van der Waals surface area contributed by atoms with E-state index in [-0.39, 0.29) is 11.9 Å². The molecule has 2 aromatic carbocycles. The number of hydrogen-bond donors (Lipinski definition) is 1. The van der Waals surface area contributed by atoms with Gasteiger partial charge in [0.2, 0.25) is 0 Å². The van der Waals surface area contributed by atoms with Crippen molar-refractivity contribution in [2.75, 3.05) is 26.5 Å². The number of aryl methyl sites for hydroxylation is 1. The van der Waals surface area contributed by atoms with Gasteiger partial charge in [-0.25, -0.2) is 8.42 Å². The van der Waals surface area contributed by atoms with Crippen molar-refractivity contribution in [2.45, 2.75) is 37.6 Å². The summed E-state index contributed by atoms with van der Waals surface area (Å²) in [6.45, 7) is 3.49. The molecule has 36 heavy (non-hydrogen) atoms. The number of likely N-dealkylation sites (tertiary alicyclic amines) is 1. The van der Waals surface area contributed by atoms with E-state index in [0.717, 1.165) is 34.4 Å². The molecule has 0 spiro atoms. The van der Waals surface area contributed by atoms with Crippen molar-refractivity contribution in [2.24, 2.45) is 0 Å². The molecule has 0 radical (unpaired) electrons. The highest BCUT2D eigenvalue weighted by Gasteiger charge is 2.38. The predicted octanol–water partition coefficient (Wildman–Crippen LogP) is 4.43. The van der Waals surface area contributed by atoms with E-state index in [2.05, 4.69) is 22.4 Å². The van der Waals surface area contributed by atoms with Crippen molar-refractivity contribution in [3.63, 3.8) is 0 Å². The monoisotopic (exact) mass is 506 g/mol. The number of amides is 1. The fourth-order valence-electron chi connectivity index (χ4n) is 4.83. The third kappa shape index (κ3) is 6.15. The van der Waals surface area contributed by atoms with E-state index in [1.54, 1.807) is 7.05 Å². The van der Waals surface area contributed by atoms with Gasteiger partial charge in [0, 0.05) is 38.0 Å². The van der Waals surface area contributed by atoms with Crippen molar-refractivity contribution >= 4 is 15.7 Å². The molecule has 4 rings (SSSR count). The number of nitrogens with one attached hydrogen (secondary N) is 1. The molecule has 1 unspecified atom stereocenters. The Balaban J connectivity index is 1.60. The molecule has 1 saturated heterocycles. The number of allylic oxidation sites excluding steroid dienone is 5. The first-order valence-electron chi connectivity index (χ1n) is 12.3. The quantitative estimate of drug-likeness (QED) is 0.574. The van der Waals surface area contributed by atoms with Gasteiger partial charge in [-0.1, -0.05) is 48.6 Å². The summed E-state index contributed by atoms with van der Waals surface area (Å²) in [5.41, 5.74) is 4.61. The summed E-state index contributed by atoms with van der Waals surface area (Å²) < 4.78 is 30.9. The van der Waals surface area contributed by atoms with Gasteiger partial charge in [0.15, 0.2) is 9.84 Å². The molecule has 0 aromatic heterocycles. The molecule has 1 amide bonds. The van der Waals surface area contributed by atoms with Crippen LogP contribution in [0.5, 0.6) is 0 Å². The molecule has 1 heterocycles. The van der Waals surface area contributed by atoms with Crippen LogP contribution < -0.4 is 5.32 Å². The largest absolute Gasteiger partial charge is 0.492 e. The van der Waals surface area contributed by atoms with Crippen LogP contribution >= 0.6 is 0 Å².